The zero-order chi connectivity index (χ0) is 21.6. The van der Waals surface area contributed by atoms with E-state index < -0.39 is 0 Å². The molecule has 0 amide bonds. The highest BCUT2D eigenvalue weighted by atomic mass is 16.5. The molecular weight excluding hydrogens is 354 g/mol. The number of rotatable bonds is 7. The zero-order valence-corrected chi connectivity index (χ0v) is 16.9. The molecule has 1 aromatic rings. The molecule has 0 aromatic heterocycles. The minimum Gasteiger partial charge on any atom is -0.466 e. The number of carbonyl (C=O) groups is 2. The van der Waals surface area contributed by atoms with E-state index in [4.69, 9.17) is 5.26 Å². The van der Waals surface area contributed by atoms with Crippen LogP contribution in [-0.4, -0.2) is 25.7 Å². The van der Waals surface area contributed by atoms with Gasteiger partial charge in [-0.25, -0.2) is 9.59 Å². The molecule has 28 heavy (non-hydrogen) atoms. The molecule has 0 radical (unpaired) electrons. The van der Waals surface area contributed by atoms with Gasteiger partial charge in [-0.3, -0.25) is 0 Å². The quantitative estimate of drug-likeness (QED) is 0.217. The van der Waals surface area contributed by atoms with Crippen LogP contribution in [0.3, 0.4) is 0 Å². The van der Waals surface area contributed by atoms with Gasteiger partial charge in [-0.1, -0.05) is 75.1 Å². The second kappa shape index (κ2) is 19.9. The van der Waals surface area contributed by atoms with Crippen LogP contribution in [0.2, 0.25) is 0 Å². The van der Waals surface area contributed by atoms with E-state index in [1.54, 1.807) is 13.0 Å². The highest BCUT2D eigenvalue weighted by Gasteiger charge is 1.95. The Hall–Kier alpha value is -3.39. The van der Waals surface area contributed by atoms with Crippen LogP contribution < -0.4 is 0 Å². The monoisotopic (exact) mass is 383 g/mol. The lowest BCUT2D eigenvalue weighted by molar-refractivity contribution is -0.138. The third kappa shape index (κ3) is 18.9. The summed E-state index contributed by atoms with van der Waals surface area (Å²) in [5, 5.41) is 8.19. The highest BCUT2D eigenvalue weighted by molar-refractivity contribution is 5.86. The third-order valence-corrected chi connectivity index (χ3v) is 2.81. The van der Waals surface area contributed by atoms with Crippen LogP contribution in [0.25, 0.3) is 6.08 Å². The minimum absolute atomic E-state index is 0.330. The molecule has 0 heterocycles. The molecule has 0 aliphatic carbocycles. The van der Waals surface area contributed by atoms with E-state index in [9.17, 15) is 9.59 Å². The number of carbonyl (C=O) groups excluding carboxylic acids is 2. The molecule has 1 aromatic carbocycles. The molecule has 0 saturated heterocycles. The molecule has 150 valence electrons. The van der Waals surface area contributed by atoms with Crippen LogP contribution in [0.15, 0.2) is 73.4 Å². The molecule has 0 aliphatic heterocycles. The second-order valence-corrected chi connectivity index (χ2v) is 5.26. The molecule has 0 saturated carbocycles. The Labute approximate surface area is 168 Å². The first-order chi connectivity index (χ1) is 13.4. The van der Waals surface area contributed by atoms with Gasteiger partial charge in [0.05, 0.1) is 19.8 Å². The molecule has 1 rings (SSSR count). The van der Waals surface area contributed by atoms with E-state index in [1.807, 2.05) is 55.5 Å². The van der Waals surface area contributed by atoms with Crippen molar-refractivity contribution in [1.82, 2.24) is 0 Å². The van der Waals surface area contributed by atoms with Gasteiger partial charge >= 0.3 is 11.9 Å². The van der Waals surface area contributed by atoms with Gasteiger partial charge in [-0.15, -0.1) is 0 Å². The maximum absolute atomic E-state index is 10.3. The van der Waals surface area contributed by atoms with Crippen molar-refractivity contribution in [2.24, 2.45) is 0 Å². The first-order valence-electron chi connectivity index (χ1n) is 8.73. The number of nitrogens with zero attached hydrogens (tertiary/aromatic N) is 1. The summed E-state index contributed by atoms with van der Waals surface area (Å²) in [6, 6.07) is 11.9. The molecule has 0 unspecified atom stereocenters. The van der Waals surface area contributed by atoms with Crippen molar-refractivity contribution in [2.75, 3.05) is 13.7 Å². The van der Waals surface area contributed by atoms with Crippen molar-refractivity contribution < 1.29 is 19.1 Å². The molecule has 0 atom stereocenters. The average molecular weight is 383 g/mol. The summed E-state index contributed by atoms with van der Waals surface area (Å²) in [7, 11) is 1.33. The van der Waals surface area contributed by atoms with Crippen LogP contribution in [0.4, 0.5) is 0 Å². The SMILES string of the molecule is C=C(C)C(=O)OC.C=CC(=O)OCCCC.N#CC=CC=Cc1ccccc1. The van der Waals surface area contributed by atoms with Crippen molar-refractivity contribution in [3.63, 3.8) is 0 Å². The summed E-state index contributed by atoms with van der Waals surface area (Å²) in [6.07, 6.45) is 10.1. The molecule has 5 heteroatoms. The smallest absolute Gasteiger partial charge is 0.332 e. The van der Waals surface area contributed by atoms with Crippen molar-refractivity contribution in [2.45, 2.75) is 26.7 Å². The van der Waals surface area contributed by atoms with Crippen LogP contribution in [-0.2, 0) is 19.1 Å². The van der Waals surface area contributed by atoms with Gasteiger partial charge in [0.2, 0.25) is 0 Å². The minimum atomic E-state index is -0.347. The summed E-state index contributed by atoms with van der Waals surface area (Å²) < 4.78 is 8.95. The van der Waals surface area contributed by atoms with Crippen LogP contribution in [0.5, 0.6) is 0 Å². The lowest BCUT2D eigenvalue weighted by Gasteiger charge is -1.97. The van der Waals surface area contributed by atoms with Gasteiger partial charge in [0.15, 0.2) is 0 Å². The van der Waals surface area contributed by atoms with E-state index in [0.717, 1.165) is 18.4 Å². The molecule has 0 N–H and O–H groups in total. The number of esters is 2. The highest BCUT2D eigenvalue weighted by Crippen LogP contribution is 2.00. The number of hydrogen-bond acceptors (Lipinski definition) is 5. The molecule has 0 aliphatic rings. The fraction of sp³-hybridized carbons (Fsp3) is 0.261. The van der Waals surface area contributed by atoms with Crippen LogP contribution in [0.1, 0.15) is 32.3 Å². The summed E-state index contributed by atoms with van der Waals surface area (Å²) in [4.78, 5) is 20.5. The van der Waals surface area contributed by atoms with Gasteiger partial charge in [-0.05, 0) is 18.9 Å². The van der Waals surface area contributed by atoms with Gasteiger partial charge in [0.1, 0.15) is 0 Å². The predicted molar refractivity (Wildman–Crippen MR) is 113 cm³/mol. The Balaban J connectivity index is 0. The first-order valence-corrected chi connectivity index (χ1v) is 8.73. The van der Waals surface area contributed by atoms with Gasteiger partial charge in [0.25, 0.3) is 0 Å². The molecule has 0 spiro atoms. The Morgan fingerprint density at radius 1 is 1.21 bits per heavy atom. The number of hydrogen-bond donors (Lipinski definition) is 0. The second-order valence-electron chi connectivity index (χ2n) is 5.26. The third-order valence-electron chi connectivity index (χ3n) is 2.81. The molecule has 0 bridgehead atoms. The average Bonchev–Trinajstić information content (AvgIpc) is 2.72. The van der Waals surface area contributed by atoms with Gasteiger partial charge < -0.3 is 9.47 Å². The predicted octanol–water partition coefficient (Wildman–Crippen LogP) is 5.03. The molecule has 5 nitrogen and oxygen atoms in total. The Morgan fingerprint density at radius 3 is 2.29 bits per heavy atom. The lowest BCUT2D eigenvalue weighted by Crippen LogP contribution is -2.00. The standard InChI is InChI=1S/C11H9N.C7H12O2.C5H8O2/c12-10-6-2-5-9-11-7-3-1-4-8-11;1-3-5-6-9-7(8)4-2;1-4(2)5(6)7-3/h1-9H;4H,2-3,5-6H2,1H3;1H2,2-3H3. The van der Waals surface area contributed by atoms with Gasteiger partial charge in [-0.2, -0.15) is 5.26 Å². The Bertz CT molecular complexity index is 682. The normalized spacial score (nSPS) is 9.21. The molecule has 0 fully saturated rings. The molecular formula is C23H29NO4. The summed E-state index contributed by atoms with van der Waals surface area (Å²) >= 11 is 0. The van der Waals surface area contributed by atoms with Crippen molar-refractivity contribution in [3.8, 4) is 6.07 Å². The van der Waals surface area contributed by atoms with Gasteiger partial charge in [0, 0.05) is 17.7 Å². The van der Waals surface area contributed by atoms with Crippen molar-refractivity contribution in [3.05, 3.63) is 78.9 Å². The number of unbranched alkanes of at least 4 members (excludes halogenated alkanes) is 1. The number of allylic oxidation sites excluding steroid dienone is 3. The van der Waals surface area contributed by atoms with E-state index in [2.05, 4.69) is 22.6 Å². The van der Waals surface area contributed by atoms with E-state index in [-0.39, 0.29) is 11.9 Å². The van der Waals surface area contributed by atoms with Crippen molar-refractivity contribution >= 4 is 18.0 Å². The largest absolute Gasteiger partial charge is 0.466 e. The summed E-state index contributed by atoms with van der Waals surface area (Å²) in [5.41, 5.74) is 1.57. The number of benzene rings is 1. The number of methoxy groups -OCH3 is 1. The maximum Gasteiger partial charge on any atom is 0.332 e. The zero-order valence-electron chi connectivity index (χ0n) is 16.9. The number of nitriles is 1. The van der Waals surface area contributed by atoms with Crippen LogP contribution in [0, 0.1) is 11.3 Å². The summed E-state index contributed by atoms with van der Waals surface area (Å²) in [6.45, 7) is 10.8. The van der Waals surface area contributed by atoms with E-state index in [1.165, 1.54) is 19.3 Å². The summed E-state index contributed by atoms with van der Waals surface area (Å²) in [5.74, 6) is -0.677. The Kier molecular flexibility index (Phi) is 19.1. The fourth-order valence-corrected chi connectivity index (χ4v) is 1.38. The van der Waals surface area contributed by atoms with Crippen molar-refractivity contribution in [1.29, 1.82) is 5.26 Å². The topological polar surface area (TPSA) is 76.4 Å². The van der Waals surface area contributed by atoms with E-state index >= 15 is 0 Å². The fourth-order valence-electron chi connectivity index (χ4n) is 1.38. The Morgan fingerprint density at radius 2 is 1.86 bits per heavy atom. The van der Waals surface area contributed by atoms with E-state index in [0.29, 0.717) is 12.2 Å². The first kappa shape index (κ1) is 26.8. The number of ether oxygens (including phenoxy) is 2. The maximum atomic E-state index is 10.3. The van der Waals surface area contributed by atoms with Crippen LogP contribution >= 0.6 is 0 Å². The lowest BCUT2D eigenvalue weighted by atomic mass is 10.2.